The van der Waals surface area contributed by atoms with Crippen LogP contribution in [0.15, 0.2) is 45.6 Å². The minimum absolute atomic E-state index is 0.349. The lowest BCUT2D eigenvalue weighted by Gasteiger charge is -2.27. The fourth-order valence-corrected chi connectivity index (χ4v) is 5.24. The molecular formula is C22H23BrN4S. The molecule has 4 N–H and O–H groups in total. The molecule has 1 fully saturated rings. The first-order chi connectivity index (χ1) is 13.7. The second kappa shape index (κ2) is 7.50. The standard InChI is InChI=1S/C22H23BrN4S/c23-14-1-6-18-19(10-14)27-20-11-17(9-13-7-8-28-12-13)26-22(21(18)20)25-16-4-2-15(24)3-5-16/h1,6-8,10-12,15-16,27H,2-5,9,24H2,(H,25,26)/t15-,16-. The number of thiophene rings is 1. The van der Waals surface area contributed by atoms with Crippen molar-refractivity contribution in [2.75, 3.05) is 5.32 Å². The minimum Gasteiger partial charge on any atom is -0.367 e. The summed E-state index contributed by atoms with van der Waals surface area (Å²) in [6.07, 6.45) is 5.22. The van der Waals surface area contributed by atoms with Gasteiger partial charge in [0.15, 0.2) is 0 Å². The zero-order valence-corrected chi connectivity index (χ0v) is 17.9. The topological polar surface area (TPSA) is 66.7 Å². The van der Waals surface area contributed by atoms with Crippen LogP contribution < -0.4 is 11.1 Å². The number of nitrogens with zero attached hydrogens (tertiary/aromatic N) is 1. The Hall–Kier alpha value is -1.89. The summed E-state index contributed by atoms with van der Waals surface area (Å²) in [5.74, 6) is 0.997. The number of aromatic amines is 1. The Morgan fingerprint density at radius 3 is 2.79 bits per heavy atom. The third kappa shape index (κ3) is 3.56. The number of anilines is 1. The highest BCUT2D eigenvalue weighted by Crippen LogP contribution is 2.34. The van der Waals surface area contributed by atoms with E-state index in [1.54, 1.807) is 11.3 Å². The Kier molecular flexibility index (Phi) is 4.87. The van der Waals surface area contributed by atoms with Crippen LogP contribution >= 0.6 is 27.3 Å². The van der Waals surface area contributed by atoms with Crippen molar-refractivity contribution in [3.8, 4) is 0 Å². The number of aromatic nitrogens is 2. The van der Waals surface area contributed by atoms with Crippen molar-refractivity contribution in [1.29, 1.82) is 0 Å². The van der Waals surface area contributed by atoms with Crippen LogP contribution in [0.4, 0.5) is 5.82 Å². The van der Waals surface area contributed by atoms with E-state index in [0.29, 0.717) is 12.1 Å². The molecule has 1 aromatic carbocycles. The van der Waals surface area contributed by atoms with Gasteiger partial charge < -0.3 is 16.0 Å². The molecule has 1 saturated carbocycles. The van der Waals surface area contributed by atoms with E-state index in [-0.39, 0.29) is 0 Å². The van der Waals surface area contributed by atoms with Crippen LogP contribution in [0.25, 0.3) is 21.8 Å². The van der Waals surface area contributed by atoms with Gasteiger partial charge in [0.25, 0.3) is 0 Å². The molecule has 0 saturated heterocycles. The summed E-state index contributed by atoms with van der Waals surface area (Å²) in [5, 5.41) is 10.5. The molecule has 0 spiro atoms. The average Bonchev–Trinajstić information content (AvgIpc) is 3.30. The van der Waals surface area contributed by atoms with Gasteiger partial charge in [-0.15, -0.1) is 0 Å². The van der Waals surface area contributed by atoms with Crippen LogP contribution in [0.5, 0.6) is 0 Å². The largest absolute Gasteiger partial charge is 0.367 e. The predicted molar refractivity (Wildman–Crippen MR) is 122 cm³/mol. The molecule has 28 heavy (non-hydrogen) atoms. The Balaban J connectivity index is 1.60. The zero-order chi connectivity index (χ0) is 19.1. The number of benzene rings is 1. The summed E-state index contributed by atoms with van der Waals surface area (Å²) < 4.78 is 1.08. The van der Waals surface area contributed by atoms with Crippen molar-refractivity contribution in [1.82, 2.24) is 9.97 Å². The maximum absolute atomic E-state index is 6.10. The lowest BCUT2D eigenvalue weighted by Crippen LogP contribution is -2.33. The molecule has 0 aliphatic heterocycles. The molecule has 4 nitrogen and oxygen atoms in total. The summed E-state index contributed by atoms with van der Waals surface area (Å²) >= 11 is 5.32. The molecule has 1 aliphatic carbocycles. The lowest BCUT2D eigenvalue weighted by molar-refractivity contribution is 0.410. The van der Waals surface area contributed by atoms with Crippen LogP contribution in [0, 0.1) is 0 Å². The Morgan fingerprint density at radius 2 is 2.00 bits per heavy atom. The van der Waals surface area contributed by atoms with Gasteiger partial charge in [-0.2, -0.15) is 11.3 Å². The number of pyridine rings is 1. The van der Waals surface area contributed by atoms with Crippen molar-refractivity contribution in [2.24, 2.45) is 5.73 Å². The molecule has 3 heterocycles. The third-order valence-electron chi connectivity index (χ3n) is 5.67. The van der Waals surface area contributed by atoms with Gasteiger partial charge in [0.2, 0.25) is 0 Å². The van der Waals surface area contributed by atoms with Crippen LogP contribution in [0.1, 0.15) is 36.9 Å². The highest BCUT2D eigenvalue weighted by Gasteiger charge is 2.21. The van der Waals surface area contributed by atoms with E-state index in [4.69, 9.17) is 10.7 Å². The van der Waals surface area contributed by atoms with E-state index in [9.17, 15) is 0 Å². The van der Waals surface area contributed by atoms with E-state index >= 15 is 0 Å². The number of H-pyrrole nitrogens is 1. The monoisotopic (exact) mass is 454 g/mol. The lowest BCUT2D eigenvalue weighted by atomic mass is 9.92. The van der Waals surface area contributed by atoms with Gasteiger partial charge in [-0.3, -0.25) is 0 Å². The molecule has 144 valence electrons. The van der Waals surface area contributed by atoms with Crippen molar-refractivity contribution in [3.63, 3.8) is 0 Å². The molecule has 0 amide bonds. The maximum Gasteiger partial charge on any atom is 0.136 e. The summed E-state index contributed by atoms with van der Waals surface area (Å²) in [6, 6.07) is 11.6. The van der Waals surface area contributed by atoms with Crippen molar-refractivity contribution in [3.05, 3.63) is 56.8 Å². The van der Waals surface area contributed by atoms with Gasteiger partial charge in [0.1, 0.15) is 5.82 Å². The number of nitrogens with one attached hydrogen (secondary N) is 2. The van der Waals surface area contributed by atoms with Gasteiger partial charge in [-0.05, 0) is 66.3 Å². The van der Waals surface area contributed by atoms with E-state index in [2.05, 4.69) is 67.3 Å². The molecule has 1 aliphatic rings. The average molecular weight is 455 g/mol. The molecule has 0 atom stereocenters. The van der Waals surface area contributed by atoms with Gasteiger partial charge >= 0.3 is 0 Å². The van der Waals surface area contributed by atoms with Crippen LogP contribution in [-0.4, -0.2) is 22.1 Å². The number of rotatable bonds is 4. The van der Waals surface area contributed by atoms with Crippen molar-refractivity contribution < 1.29 is 0 Å². The highest BCUT2D eigenvalue weighted by molar-refractivity contribution is 9.10. The minimum atomic E-state index is 0.349. The van der Waals surface area contributed by atoms with Crippen LogP contribution in [0.3, 0.4) is 0 Å². The fraction of sp³-hybridized carbons (Fsp3) is 0.318. The summed E-state index contributed by atoms with van der Waals surface area (Å²) in [5.41, 5.74) is 10.8. The smallest absolute Gasteiger partial charge is 0.136 e. The summed E-state index contributed by atoms with van der Waals surface area (Å²) in [6.45, 7) is 0. The maximum atomic E-state index is 6.10. The second-order valence-corrected chi connectivity index (χ2v) is 9.46. The van der Waals surface area contributed by atoms with E-state index in [1.165, 1.54) is 16.3 Å². The highest BCUT2D eigenvalue weighted by atomic mass is 79.9. The van der Waals surface area contributed by atoms with E-state index in [1.807, 2.05) is 0 Å². The normalized spacial score (nSPS) is 20.1. The zero-order valence-electron chi connectivity index (χ0n) is 15.5. The Morgan fingerprint density at radius 1 is 1.14 bits per heavy atom. The van der Waals surface area contributed by atoms with Gasteiger partial charge in [-0.1, -0.05) is 22.0 Å². The number of halogens is 1. The first kappa shape index (κ1) is 18.2. The number of hydrogen-bond acceptors (Lipinski definition) is 4. The second-order valence-electron chi connectivity index (χ2n) is 7.76. The van der Waals surface area contributed by atoms with Crippen molar-refractivity contribution >= 4 is 54.9 Å². The molecule has 4 aromatic rings. The number of fused-ring (bicyclic) bond motifs is 3. The number of hydrogen-bond donors (Lipinski definition) is 3. The first-order valence-corrected chi connectivity index (χ1v) is 11.5. The van der Waals surface area contributed by atoms with E-state index < -0.39 is 0 Å². The van der Waals surface area contributed by atoms with Gasteiger partial charge in [0, 0.05) is 45.0 Å². The van der Waals surface area contributed by atoms with Crippen molar-refractivity contribution in [2.45, 2.75) is 44.2 Å². The molecule has 3 aromatic heterocycles. The molecule has 0 bridgehead atoms. The van der Waals surface area contributed by atoms with E-state index in [0.717, 1.165) is 59.1 Å². The molecular weight excluding hydrogens is 432 g/mol. The fourth-order valence-electron chi connectivity index (χ4n) is 4.21. The Bertz CT molecular complexity index is 1110. The molecule has 0 unspecified atom stereocenters. The predicted octanol–water partition coefficient (Wildman–Crippen LogP) is 5.81. The molecule has 5 rings (SSSR count). The number of nitrogens with two attached hydrogens (primary N) is 1. The first-order valence-electron chi connectivity index (χ1n) is 9.80. The van der Waals surface area contributed by atoms with Crippen LogP contribution in [-0.2, 0) is 6.42 Å². The van der Waals surface area contributed by atoms with Crippen LogP contribution in [0.2, 0.25) is 0 Å². The SMILES string of the molecule is N[C@H]1CC[C@H](Nc2nc(Cc3ccsc3)cc3[nH]c4cc(Br)ccc4c23)CC1. The molecule has 0 radical (unpaired) electrons. The summed E-state index contributed by atoms with van der Waals surface area (Å²) in [7, 11) is 0. The van der Waals surface area contributed by atoms with Gasteiger partial charge in [0.05, 0.1) is 5.52 Å². The quantitative estimate of drug-likeness (QED) is 0.364. The third-order valence-corrected chi connectivity index (χ3v) is 6.90. The Labute approximate surface area is 176 Å². The van der Waals surface area contributed by atoms with Gasteiger partial charge in [-0.25, -0.2) is 4.98 Å². The summed E-state index contributed by atoms with van der Waals surface area (Å²) in [4.78, 5) is 8.66. The molecule has 6 heteroatoms.